The van der Waals surface area contributed by atoms with E-state index in [1.165, 1.54) is 16.7 Å². The minimum atomic E-state index is 0.836. The van der Waals surface area contributed by atoms with Gasteiger partial charge in [-0.1, -0.05) is 0 Å². The number of nitrogens with one attached hydrogen (secondary N) is 3. The Bertz CT molecular complexity index is 695. The molecule has 0 radical (unpaired) electrons. The molecule has 3 aromatic heterocycles. The molecular weight excluding hydrogens is 314 g/mol. The average molecular weight is 341 g/mol. The van der Waals surface area contributed by atoms with Gasteiger partial charge in [0.15, 0.2) is 0 Å². The van der Waals surface area contributed by atoms with Crippen LogP contribution in [0.5, 0.6) is 0 Å². The molecular formula is C18H27N7. The lowest BCUT2D eigenvalue weighted by atomic mass is 10.1. The maximum atomic E-state index is 4.34. The Labute approximate surface area is 148 Å². The molecule has 0 saturated carbocycles. The standard InChI is InChI=1S/C18H27N7/c1-10-16(11(2)20-19-10)7-25(8-17-12(3)21-22-13(17)4)9-18-14(5)23-24-15(18)6/h7-9H2,1-6H3,(H,19,20)(H,21,22)(H,23,24). The molecule has 134 valence electrons. The fourth-order valence-electron chi connectivity index (χ4n) is 3.26. The van der Waals surface area contributed by atoms with E-state index >= 15 is 0 Å². The molecule has 0 aromatic carbocycles. The van der Waals surface area contributed by atoms with Crippen LogP contribution in [0.3, 0.4) is 0 Å². The summed E-state index contributed by atoms with van der Waals surface area (Å²) in [7, 11) is 0. The number of aryl methyl sites for hydroxylation is 6. The molecule has 7 heteroatoms. The molecule has 0 amide bonds. The molecule has 0 spiro atoms. The maximum Gasteiger partial charge on any atom is 0.0639 e. The van der Waals surface area contributed by atoms with Gasteiger partial charge in [-0.25, -0.2) is 0 Å². The van der Waals surface area contributed by atoms with Crippen molar-refractivity contribution < 1.29 is 0 Å². The summed E-state index contributed by atoms with van der Waals surface area (Å²) >= 11 is 0. The minimum absolute atomic E-state index is 0.836. The molecule has 0 unspecified atom stereocenters. The number of hydrogen-bond donors (Lipinski definition) is 3. The zero-order valence-corrected chi connectivity index (χ0v) is 15.9. The average Bonchev–Trinajstić information content (AvgIpc) is 3.17. The number of hydrogen-bond acceptors (Lipinski definition) is 4. The third-order valence-electron chi connectivity index (χ3n) is 4.99. The number of nitrogens with zero attached hydrogens (tertiary/aromatic N) is 4. The van der Waals surface area contributed by atoms with Gasteiger partial charge in [0.05, 0.1) is 17.1 Å². The second kappa shape index (κ2) is 6.84. The van der Waals surface area contributed by atoms with Gasteiger partial charge in [-0.05, 0) is 41.5 Å². The van der Waals surface area contributed by atoms with E-state index in [4.69, 9.17) is 0 Å². The zero-order chi connectivity index (χ0) is 18.1. The summed E-state index contributed by atoms with van der Waals surface area (Å²) in [5.74, 6) is 0. The van der Waals surface area contributed by atoms with Gasteiger partial charge in [-0.15, -0.1) is 0 Å². The van der Waals surface area contributed by atoms with Crippen LogP contribution in [0.15, 0.2) is 0 Å². The van der Waals surface area contributed by atoms with Gasteiger partial charge < -0.3 is 0 Å². The minimum Gasteiger partial charge on any atom is -0.290 e. The van der Waals surface area contributed by atoms with Crippen LogP contribution >= 0.6 is 0 Å². The summed E-state index contributed by atoms with van der Waals surface area (Å²) in [6, 6.07) is 0. The molecule has 3 N–H and O–H groups in total. The first-order chi connectivity index (χ1) is 11.9. The number of aromatic nitrogens is 6. The van der Waals surface area contributed by atoms with Crippen LogP contribution in [0.2, 0.25) is 0 Å². The first kappa shape index (κ1) is 17.4. The topological polar surface area (TPSA) is 89.3 Å². The van der Waals surface area contributed by atoms with Crippen molar-refractivity contribution in [2.75, 3.05) is 0 Å². The predicted molar refractivity (Wildman–Crippen MR) is 97.1 cm³/mol. The highest BCUT2D eigenvalue weighted by atomic mass is 15.2. The smallest absolute Gasteiger partial charge is 0.0639 e. The normalized spacial score (nSPS) is 11.6. The lowest BCUT2D eigenvalue weighted by Gasteiger charge is -2.23. The predicted octanol–water partition coefficient (Wildman–Crippen LogP) is 2.91. The zero-order valence-electron chi connectivity index (χ0n) is 15.9. The molecule has 0 fully saturated rings. The van der Waals surface area contributed by atoms with E-state index < -0.39 is 0 Å². The fourth-order valence-corrected chi connectivity index (χ4v) is 3.26. The molecule has 3 heterocycles. The molecule has 25 heavy (non-hydrogen) atoms. The van der Waals surface area contributed by atoms with Gasteiger partial charge in [0, 0.05) is 53.4 Å². The van der Waals surface area contributed by atoms with E-state index in [0.29, 0.717) is 0 Å². The SMILES string of the molecule is Cc1n[nH]c(C)c1CN(Cc1c(C)n[nH]c1C)Cc1c(C)n[nH]c1C. The summed E-state index contributed by atoms with van der Waals surface area (Å²) in [6.45, 7) is 14.9. The van der Waals surface area contributed by atoms with Crippen LogP contribution in [0.1, 0.15) is 50.9 Å². The molecule has 0 aliphatic heterocycles. The molecule has 0 atom stereocenters. The van der Waals surface area contributed by atoms with Crippen molar-refractivity contribution >= 4 is 0 Å². The van der Waals surface area contributed by atoms with E-state index in [0.717, 1.165) is 53.8 Å². The van der Waals surface area contributed by atoms with E-state index in [-0.39, 0.29) is 0 Å². The molecule has 0 bridgehead atoms. The molecule has 0 aliphatic rings. The van der Waals surface area contributed by atoms with Crippen molar-refractivity contribution in [2.24, 2.45) is 0 Å². The Kier molecular flexibility index (Phi) is 4.76. The Morgan fingerprint density at radius 1 is 0.560 bits per heavy atom. The molecule has 0 aliphatic carbocycles. The lowest BCUT2D eigenvalue weighted by Crippen LogP contribution is -2.24. The Morgan fingerprint density at radius 3 is 1.04 bits per heavy atom. The highest BCUT2D eigenvalue weighted by Crippen LogP contribution is 2.21. The maximum absolute atomic E-state index is 4.34. The van der Waals surface area contributed by atoms with Crippen LogP contribution in [-0.2, 0) is 19.6 Å². The van der Waals surface area contributed by atoms with Crippen LogP contribution in [0.25, 0.3) is 0 Å². The number of aromatic amines is 3. The molecule has 3 aromatic rings. The summed E-state index contributed by atoms with van der Waals surface area (Å²) in [5, 5.41) is 22.3. The van der Waals surface area contributed by atoms with Crippen LogP contribution < -0.4 is 0 Å². The van der Waals surface area contributed by atoms with E-state index in [1.54, 1.807) is 0 Å². The van der Waals surface area contributed by atoms with Gasteiger partial charge in [-0.3, -0.25) is 20.2 Å². The quantitative estimate of drug-likeness (QED) is 0.643. The van der Waals surface area contributed by atoms with Gasteiger partial charge in [0.2, 0.25) is 0 Å². The number of rotatable bonds is 6. The highest BCUT2D eigenvalue weighted by Gasteiger charge is 2.19. The molecule has 7 nitrogen and oxygen atoms in total. The Balaban J connectivity index is 1.90. The summed E-state index contributed by atoms with van der Waals surface area (Å²) in [4.78, 5) is 2.43. The summed E-state index contributed by atoms with van der Waals surface area (Å²) in [6.07, 6.45) is 0. The van der Waals surface area contributed by atoms with E-state index in [1.807, 2.05) is 0 Å². The van der Waals surface area contributed by atoms with Crippen molar-refractivity contribution in [2.45, 2.75) is 61.2 Å². The van der Waals surface area contributed by atoms with Crippen molar-refractivity contribution in [3.8, 4) is 0 Å². The van der Waals surface area contributed by atoms with E-state index in [9.17, 15) is 0 Å². The van der Waals surface area contributed by atoms with Gasteiger partial charge in [0.25, 0.3) is 0 Å². The lowest BCUT2D eigenvalue weighted by molar-refractivity contribution is 0.245. The van der Waals surface area contributed by atoms with Crippen LogP contribution in [0, 0.1) is 41.5 Å². The van der Waals surface area contributed by atoms with Crippen molar-refractivity contribution in [3.63, 3.8) is 0 Å². The van der Waals surface area contributed by atoms with Crippen LogP contribution in [0.4, 0.5) is 0 Å². The summed E-state index contributed by atoms with van der Waals surface area (Å²) < 4.78 is 0. The first-order valence-electron chi connectivity index (χ1n) is 8.60. The monoisotopic (exact) mass is 341 g/mol. The fraction of sp³-hybridized carbons (Fsp3) is 0.500. The third kappa shape index (κ3) is 3.51. The largest absolute Gasteiger partial charge is 0.290 e. The molecule has 0 saturated heterocycles. The van der Waals surface area contributed by atoms with Gasteiger partial charge in [0.1, 0.15) is 0 Å². The third-order valence-corrected chi connectivity index (χ3v) is 4.99. The second-order valence-corrected chi connectivity index (χ2v) is 6.88. The van der Waals surface area contributed by atoms with Crippen molar-refractivity contribution in [3.05, 3.63) is 50.9 Å². The van der Waals surface area contributed by atoms with Crippen LogP contribution in [-0.4, -0.2) is 35.5 Å². The van der Waals surface area contributed by atoms with Crippen molar-refractivity contribution in [1.82, 2.24) is 35.5 Å². The second-order valence-electron chi connectivity index (χ2n) is 6.88. The Morgan fingerprint density at radius 2 is 0.840 bits per heavy atom. The molecule has 3 rings (SSSR count). The van der Waals surface area contributed by atoms with Gasteiger partial charge in [-0.2, -0.15) is 15.3 Å². The van der Waals surface area contributed by atoms with Gasteiger partial charge >= 0.3 is 0 Å². The Hall–Kier alpha value is -2.41. The van der Waals surface area contributed by atoms with Crippen molar-refractivity contribution in [1.29, 1.82) is 0 Å². The highest BCUT2D eigenvalue weighted by molar-refractivity contribution is 5.27. The first-order valence-corrected chi connectivity index (χ1v) is 8.60. The van der Waals surface area contributed by atoms with E-state index in [2.05, 4.69) is 77.0 Å². The summed E-state index contributed by atoms with van der Waals surface area (Å²) in [5.41, 5.74) is 10.3. The number of H-pyrrole nitrogens is 3.